The Labute approximate surface area is 231 Å². The second-order valence-electron chi connectivity index (χ2n) is 10.9. The van der Waals surface area contributed by atoms with Crippen LogP contribution in [0.4, 0.5) is 0 Å². The summed E-state index contributed by atoms with van der Waals surface area (Å²) in [6, 6.07) is 25.6. The van der Waals surface area contributed by atoms with Crippen molar-refractivity contribution >= 4 is 0 Å². The van der Waals surface area contributed by atoms with Gasteiger partial charge >= 0.3 is 11.9 Å². The molecule has 4 unspecified atom stereocenters. The van der Waals surface area contributed by atoms with Crippen molar-refractivity contribution in [2.45, 2.75) is 82.9 Å². The lowest BCUT2D eigenvalue weighted by atomic mass is 9.72. The van der Waals surface area contributed by atoms with Gasteiger partial charge in [-0.15, -0.1) is 0 Å². The van der Waals surface area contributed by atoms with E-state index in [9.17, 15) is 0 Å². The van der Waals surface area contributed by atoms with Gasteiger partial charge in [0.2, 0.25) is 0 Å². The second kappa shape index (κ2) is 10.3. The Hall–Kier alpha value is -2.90. The highest BCUT2D eigenvalue weighted by molar-refractivity contribution is 5.51. The van der Waals surface area contributed by atoms with Gasteiger partial charge < -0.3 is 28.4 Å². The minimum absolute atomic E-state index is 0.0873. The fourth-order valence-electron chi connectivity index (χ4n) is 5.69. The van der Waals surface area contributed by atoms with Crippen molar-refractivity contribution < 1.29 is 28.4 Å². The third kappa shape index (κ3) is 4.95. The van der Waals surface area contributed by atoms with Crippen LogP contribution in [0.1, 0.15) is 62.8 Å². The van der Waals surface area contributed by atoms with E-state index in [-0.39, 0.29) is 17.6 Å². The van der Waals surface area contributed by atoms with Gasteiger partial charge in [0, 0.05) is 5.41 Å². The van der Waals surface area contributed by atoms with Gasteiger partial charge in [0.25, 0.3) is 0 Å². The Morgan fingerprint density at radius 1 is 0.641 bits per heavy atom. The molecule has 2 fully saturated rings. The lowest BCUT2D eigenvalue weighted by molar-refractivity contribution is -0.174. The van der Waals surface area contributed by atoms with Crippen LogP contribution in [-0.4, -0.2) is 37.4 Å². The molecule has 0 amide bonds. The lowest BCUT2D eigenvalue weighted by Crippen LogP contribution is -2.29. The van der Waals surface area contributed by atoms with Crippen molar-refractivity contribution in [2.75, 3.05) is 13.2 Å². The summed E-state index contributed by atoms with van der Waals surface area (Å²) in [7, 11) is 0. The van der Waals surface area contributed by atoms with Crippen LogP contribution in [0.2, 0.25) is 0 Å². The summed E-state index contributed by atoms with van der Waals surface area (Å²) in [6.45, 7) is 9.28. The molecule has 0 bridgehead atoms. The monoisotopic (exact) mass is 530 g/mol. The molecule has 0 aromatic heterocycles. The molecule has 0 radical (unpaired) electrons. The topological polar surface area (TPSA) is 62.0 Å². The lowest BCUT2D eigenvalue weighted by Gasteiger charge is -2.31. The Kier molecular flexibility index (Phi) is 6.92. The van der Waals surface area contributed by atoms with Crippen LogP contribution >= 0.6 is 0 Å². The number of hydrogen-bond donors (Lipinski definition) is 0. The van der Waals surface area contributed by atoms with Gasteiger partial charge in [0.1, 0.15) is 11.5 Å². The maximum atomic E-state index is 6.17. The van der Waals surface area contributed by atoms with Crippen LogP contribution in [0.5, 0.6) is 11.5 Å². The molecule has 2 heterocycles. The zero-order chi connectivity index (χ0) is 27.1. The largest absolute Gasteiger partial charge is 0.437 e. The number of fused-ring (bicyclic) bond motifs is 1. The summed E-state index contributed by atoms with van der Waals surface area (Å²) in [4.78, 5) is 0. The fraction of sp³-hybridized carbons (Fsp3) is 0.455. The highest BCUT2D eigenvalue weighted by Gasteiger charge is 2.60. The van der Waals surface area contributed by atoms with Crippen molar-refractivity contribution in [3.63, 3.8) is 0 Å². The zero-order valence-corrected chi connectivity index (χ0v) is 23.3. The van der Waals surface area contributed by atoms with Crippen LogP contribution in [0.15, 0.2) is 72.8 Å². The summed E-state index contributed by atoms with van der Waals surface area (Å²) < 4.78 is 35.4. The standard InChI is InChI=1S/C33H38O6/c1-5-19-34-32(23(3)36-32)38-29-15-11-27(12-16-29)31(21-25-9-7-8-10-26(25)22-31)28-13-17-30(18-14-28)39-33(24(4)37-33)35-20-6-2/h7-18,23-24H,5-6,19-22H2,1-4H3. The van der Waals surface area contributed by atoms with Gasteiger partial charge in [-0.25, -0.2) is 0 Å². The molecule has 2 aliphatic heterocycles. The van der Waals surface area contributed by atoms with E-state index in [1.54, 1.807) is 0 Å². The third-order valence-corrected chi connectivity index (χ3v) is 8.02. The first kappa shape index (κ1) is 26.3. The Bertz CT molecular complexity index is 1190. The van der Waals surface area contributed by atoms with E-state index in [4.69, 9.17) is 28.4 Å². The van der Waals surface area contributed by atoms with E-state index >= 15 is 0 Å². The average molecular weight is 531 g/mol. The number of hydrogen-bond acceptors (Lipinski definition) is 6. The van der Waals surface area contributed by atoms with Gasteiger partial charge in [-0.1, -0.05) is 62.4 Å². The number of rotatable bonds is 12. The summed E-state index contributed by atoms with van der Waals surface area (Å²) in [5.74, 6) is -0.445. The van der Waals surface area contributed by atoms with Gasteiger partial charge in [-0.2, -0.15) is 0 Å². The molecule has 6 nitrogen and oxygen atoms in total. The van der Waals surface area contributed by atoms with Crippen LogP contribution in [0.3, 0.4) is 0 Å². The van der Waals surface area contributed by atoms with Gasteiger partial charge in [-0.05, 0) is 86.1 Å². The molecule has 4 atom stereocenters. The predicted octanol–water partition coefficient (Wildman–Crippen LogP) is 6.53. The SMILES string of the molecule is CCCOC1(Oc2ccc(C3(c4ccc(OC5(OCCC)OC5C)cc4)Cc4ccccc4C3)cc2)OC1C. The van der Waals surface area contributed by atoms with E-state index in [0.717, 1.165) is 37.2 Å². The highest BCUT2D eigenvalue weighted by Crippen LogP contribution is 2.47. The second-order valence-corrected chi connectivity index (χ2v) is 10.9. The minimum atomic E-state index is -0.963. The van der Waals surface area contributed by atoms with Crippen LogP contribution < -0.4 is 9.47 Å². The first-order valence-corrected chi connectivity index (χ1v) is 14.2. The average Bonchev–Trinajstić information content (AvgIpc) is 3.72. The van der Waals surface area contributed by atoms with Gasteiger partial charge in [0.05, 0.1) is 13.2 Å². The maximum absolute atomic E-state index is 6.17. The summed E-state index contributed by atoms with van der Waals surface area (Å²) in [5.41, 5.74) is 5.07. The molecular formula is C33H38O6. The molecular weight excluding hydrogens is 492 g/mol. The molecule has 6 heteroatoms. The molecule has 0 spiro atoms. The molecule has 2 saturated heterocycles. The minimum Gasteiger partial charge on any atom is -0.437 e. The molecule has 6 rings (SSSR count). The highest BCUT2D eigenvalue weighted by atomic mass is 17.0. The van der Waals surface area contributed by atoms with E-state index in [2.05, 4.69) is 62.4 Å². The van der Waals surface area contributed by atoms with Gasteiger partial charge in [0.15, 0.2) is 12.2 Å². The summed E-state index contributed by atoms with van der Waals surface area (Å²) in [5, 5.41) is 0. The fourth-order valence-corrected chi connectivity index (χ4v) is 5.69. The first-order valence-electron chi connectivity index (χ1n) is 14.2. The normalized spacial score (nSPS) is 28.1. The van der Waals surface area contributed by atoms with Gasteiger partial charge in [-0.3, -0.25) is 0 Å². The number of ether oxygens (including phenoxy) is 6. The van der Waals surface area contributed by atoms with Crippen molar-refractivity contribution in [1.82, 2.24) is 0 Å². The number of epoxide rings is 2. The van der Waals surface area contributed by atoms with Crippen molar-refractivity contribution in [2.24, 2.45) is 0 Å². The molecule has 39 heavy (non-hydrogen) atoms. The summed E-state index contributed by atoms with van der Waals surface area (Å²) >= 11 is 0. The molecule has 0 N–H and O–H groups in total. The smallest absolute Gasteiger partial charge is 0.355 e. The molecule has 3 aromatic rings. The Morgan fingerprint density at radius 2 is 1.03 bits per heavy atom. The summed E-state index contributed by atoms with van der Waals surface area (Å²) in [6.07, 6.45) is 3.50. The Balaban J connectivity index is 1.26. The van der Waals surface area contributed by atoms with Crippen LogP contribution in [-0.2, 0) is 37.2 Å². The zero-order valence-electron chi connectivity index (χ0n) is 23.3. The van der Waals surface area contributed by atoms with Crippen LogP contribution in [0.25, 0.3) is 0 Å². The van der Waals surface area contributed by atoms with Crippen LogP contribution in [0, 0.1) is 0 Å². The van der Waals surface area contributed by atoms with Crippen molar-refractivity contribution in [1.29, 1.82) is 0 Å². The molecule has 3 aliphatic rings. The predicted molar refractivity (Wildman–Crippen MR) is 148 cm³/mol. The third-order valence-electron chi connectivity index (χ3n) is 8.02. The molecule has 206 valence electrons. The number of benzene rings is 3. The van der Waals surface area contributed by atoms with Crippen molar-refractivity contribution in [3.05, 3.63) is 95.1 Å². The molecule has 1 aliphatic carbocycles. The molecule has 3 aromatic carbocycles. The van der Waals surface area contributed by atoms with E-state index in [1.807, 2.05) is 38.1 Å². The molecule has 0 saturated carbocycles. The van der Waals surface area contributed by atoms with E-state index in [0.29, 0.717) is 13.2 Å². The quantitative estimate of drug-likeness (QED) is 0.196. The first-order chi connectivity index (χ1) is 18.9. The van der Waals surface area contributed by atoms with E-state index < -0.39 is 11.9 Å². The van der Waals surface area contributed by atoms with Crippen molar-refractivity contribution in [3.8, 4) is 11.5 Å². The van der Waals surface area contributed by atoms with E-state index in [1.165, 1.54) is 22.3 Å². The Morgan fingerprint density at radius 3 is 1.36 bits per heavy atom. The maximum Gasteiger partial charge on any atom is 0.355 e.